The first-order valence-electron chi connectivity index (χ1n) is 9.68. The van der Waals surface area contributed by atoms with Crippen LogP contribution in [0.1, 0.15) is 37.7 Å². The lowest BCUT2D eigenvalue weighted by Gasteiger charge is -2.32. The number of hydrogen-bond donors (Lipinski definition) is 2. The van der Waals surface area contributed by atoms with Crippen molar-refractivity contribution in [1.29, 1.82) is 0 Å². The molecule has 0 bridgehead atoms. The summed E-state index contributed by atoms with van der Waals surface area (Å²) in [6.45, 7) is 6.87. The minimum absolute atomic E-state index is 0. The Kier molecular flexibility index (Phi) is 9.61. The van der Waals surface area contributed by atoms with E-state index in [1.165, 1.54) is 57.3 Å². The SMILES string of the molecule is I.c1ccc(CC2CCN(CCCCNC3=NCCCN3)CC2)cc1. The van der Waals surface area contributed by atoms with Gasteiger partial charge in [-0.1, -0.05) is 30.3 Å². The summed E-state index contributed by atoms with van der Waals surface area (Å²) in [7, 11) is 0. The first-order valence-corrected chi connectivity index (χ1v) is 9.68. The molecule has 1 saturated heterocycles. The number of nitrogens with one attached hydrogen (secondary N) is 2. The van der Waals surface area contributed by atoms with Crippen molar-refractivity contribution in [2.45, 2.75) is 38.5 Å². The van der Waals surface area contributed by atoms with Gasteiger partial charge >= 0.3 is 0 Å². The van der Waals surface area contributed by atoms with Gasteiger partial charge < -0.3 is 15.5 Å². The van der Waals surface area contributed by atoms with E-state index in [1.54, 1.807) is 0 Å². The second-order valence-electron chi connectivity index (χ2n) is 7.12. The molecule has 0 radical (unpaired) electrons. The third-order valence-corrected chi connectivity index (χ3v) is 5.17. The zero-order valence-corrected chi connectivity index (χ0v) is 17.6. The molecule has 1 aromatic carbocycles. The van der Waals surface area contributed by atoms with Gasteiger partial charge in [0.2, 0.25) is 0 Å². The van der Waals surface area contributed by atoms with E-state index in [1.807, 2.05) is 0 Å². The summed E-state index contributed by atoms with van der Waals surface area (Å²) in [6, 6.07) is 11.0. The van der Waals surface area contributed by atoms with Crippen molar-refractivity contribution < 1.29 is 0 Å². The van der Waals surface area contributed by atoms with Gasteiger partial charge in [0, 0.05) is 19.6 Å². The number of nitrogens with zero attached hydrogens (tertiary/aromatic N) is 2. The summed E-state index contributed by atoms with van der Waals surface area (Å²) in [5.74, 6) is 1.88. The molecular weight excluding hydrogens is 423 g/mol. The van der Waals surface area contributed by atoms with Crippen molar-refractivity contribution in [1.82, 2.24) is 15.5 Å². The lowest BCUT2D eigenvalue weighted by atomic mass is 9.90. The molecule has 0 saturated carbocycles. The van der Waals surface area contributed by atoms with E-state index in [-0.39, 0.29) is 24.0 Å². The van der Waals surface area contributed by atoms with Crippen molar-refractivity contribution in [3.63, 3.8) is 0 Å². The molecule has 2 aliphatic heterocycles. The molecule has 25 heavy (non-hydrogen) atoms. The molecule has 4 nitrogen and oxygen atoms in total. The molecule has 0 unspecified atom stereocenters. The van der Waals surface area contributed by atoms with Crippen LogP contribution in [0.3, 0.4) is 0 Å². The monoisotopic (exact) mass is 456 g/mol. The van der Waals surface area contributed by atoms with Crippen LogP contribution in [-0.2, 0) is 6.42 Å². The second-order valence-corrected chi connectivity index (χ2v) is 7.12. The van der Waals surface area contributed by atoms with Crippen LogP contribution in [0.5, 0.6) is 0 Å². The Hall–Kier alpha value is -0.820. The van der Waals surface area contributed by atoms with Crippen molar-refractivity contribution in [2.75, 3.05) is 39.3 Å². The van der Waals surface area contributed by atoms with Gasteiger partial charge in [0.05, 0.1) is 0 Å². The second kappa shape index (κ2) is 11.7. The Morgan fingerprint density at radius 3 is 2.64 bits per heavy atom. The smallest absolute Gasteiger partial charge is 0.191 e. The number of piperidine rings is 1. The molecule has 0 amide bonds. The Bertz CT molecular complexity index is 498. The molecule has 140 valence electrons. The molecule has 1 aromatic rings. The minimum Gasteiger partial charge on any atom is -0.356 e. The van der Waals surface area contributed by atoms with Gasteiger partial charge in [-0.25, -0.2) is 0 Å². The number of rotatable bonds is 7. The molecule has 0 aliphatic carbocycles. The summed E-state index contributed by atoms with van der Waals surface area (Å²) in [6.07, 6.45) is 7.63. The number of aliphatic imine (C=N–C) groups is 1. The summed E-state index contributed by atoms with van der Waals surface area (Å²) >= 11 is 0. The van der Waals surface area contributed by atoms with Crippen molar-refractivity contribution in [3.8, 4) is 0 Å². The van der Waals surface area contributed by atoms with Crippen molar-refractivity contribution in [2.24, 2.45) is 10.9 Å². The highest BCUT2D eigenvalue weighted by atomic mass is 127. The molecule has 0 atom stereocenters. The van der Waals surface area contributed by atoms with Crippen LogP contribution in [0.15, 0.2) is 35.3 Å². The van der Waals surface area contributed by atoms with Gasteiger partial charge in [0.25, 0.3) is 0 Å². The van der Waals surface area contributed by atoms with Gasteiger partial charge in [-0.05, 0) is 69.6 Å². The average molecular weight is 456 g/mol. The lowest BCUT2D eigenvalue weighted by molar-refractivity contribution is 0.181. The molecule has 2 heterocycles. The van der Waals surface area contributed by atoms with Crippen molar-refractivity contribution >= 4 is 29.9 Å². The maximum Gasteiger partial charge on any atom is 0.191 e. The van der Waals surface area contributed by atoms with E-state index >= 15 is 0 Å². The van der Waals surface area contributed by atoms with E-state index in [2.05, 4.69) is 50.9 Å². The normalized spacial score (nSPS) is 18.8. The molecule has 2 aliphatic rings. The highest BCUT2D eigenvalue weighted by Crippen LogP contribution is 2.21. The summed E-state index contributed by atoms with van der Waals surface area (Å²) in [5, 5.41) is 6.73. The van der Waals surface area contributed by atoms with Crippen LogP contribution in [0, 0.1) is 5.92 Å². The fourth-order valence-corrected chi connectivity index (χ4v) is 3.68. The Balaban J connectivity index is 0.00000225. The third-order valence-electron chi connectivity index (χ3n) is 5.17. The zero-order valence-electron chi connectivity index (χ0n) is 15.3. The minimum atomic E-state index is 0. The molecule has 2 N–H and O–H groups in total. The lowest BCUT2D eigenvalue weighted by Crippen LogP contribution is -2.41. The number of halogens is 1. The summed E-state index contributed by atoms with van der Waals surface area (Å²) in [5.41, 5.74) is 1.50. The predicted octanol–water partition coefficient (Wildman–Crippen LogP) is 3.28. The first-order chi connectivity index (χ1) is 11.9. The van der Waals surface area contributed by atoms with Gasteiger partial charge in [-0.2, -0.15) is 0 Å². The Morgan fingerprint density at radius 2 is 1.92 bits per heavy atom. The van der Waals surface area contributed by atoms with Crippen LogP contribution in [-0.4, -0.2) is 50.1 Å². The quantitative estimate of drug-likeness (QED) is 0.489. The van der Waals surface area contributed by atoms with Gasteiger partial charge in [0.15, 0.2) is 5.96 Å². The van der Waals surface area contributed by atoms with E-state index in [4.69, 9.17) is 0 Å². The number of guanidine groups is 1. The van der Waals surface area contributed by atoms with E-state index in [9.17, 15) is 0 Å². The largest absolute Gasteiger partial charge is 0.356 e. The maximum absolute atomic E-state index is 4.44. The Morgan fingerprint density at radius 1 is 1.12 bits per heavy atom. The Labute approximate surface area is 169 Å². The third kappa shape index (κ3) is 7.52. The standard InChI is InChI=1S/C20H32N4.HI/c1-2-7-18(8-3-1)17-19-9-15-24(16-10-19)14-5-4-11-21-20-22-12-6-13-23-20;/h1-3,7-8,19H,4-6,9-17H2,(H2,21,22,23);1H. The molecule has 0 spiro atoms. The number of benzene rings is 1. The number of unbranched alkanes of at least 4 members (excludes halogenated alkanes) is 1. The van der Waals surface area contributed by atoms with Gasteiger partial charge in [-0.3, -0.25) is 4.99 Å². The summed E-state index contributed by atoms with van der Waals surface area (Å²) in [4.78, 5) is 7.09. The van der Waals surface area contributed by atoms with E-state index in [0.717, 1.165) is 37.9 Å². The summed E-state index contributed by atoms with van der Waals surface area (Å²) < 4.78 is 0. The predicted molar refractivity (Wildman–Crippen MR) is 117 cm³/mol. The fraction of sp³-hybridized carbons (Fsp3) is 0.650. The van der Waals surface area contributed by atoms with E-state index < -0.39 is 0 Å². The zero-order chi connectivity index (χ0) is 16.5. The average Bonchev–Trinajstić information content (AvgIpc) is 2.65. The number of likely N-dealkylation sites (tertiary alicyclic amines) is 1. The van der Waals surface area contributed by atoms with Crippen LogP contribution in [0.2, 0.25) is 0 Å². The van der Waals surface area contributed by atoms with Crippen LogP contribution in [0.25, 0.3) is 0 Å². The van der Waals surface area contributed by atoms with Crippen LogP contribution in [0.4, 0.5) is 0 Å². The highest BCUT2D eigenvalue weighted by Gasteiger charge is 2.18. The fourth-order valence-electron chi connectivity index (χ4n) is 3.68. The van der Waals surface area contributed by atoms with Gasteiger partial charge in [-0.15, -0.1) is 24.0 Å². The highest BCUT2D eigenvalue weighted by molar-refractivity contribution is 14.0. The van der Waals surface area contributed by atoms with E-state index in [0.29, 0.717) is 0 Å². The van der Waals surface area contributed by atoms with Gasteiger partial charge in [0.1, 0.15) is 0 Å². The molecule has 5 heteroatoms. The number of hydrogen-bond acceptors (Lipinski definition) is 4. The van der Waals surface area contributed by atoms with Crippen molar-refractivity contribution in [3.05, 3.63) is 35.9 Å². The first kappa shape index (κ1) is 20.5. The molecule has 3 rings (SSSR count). The molecular formula is C20H33IN4. The van der Waals surface area contributed by atoms with Crippen LogP contribution < -0.4 is 10.6 Å². The molecule has 1 fully saturated rings. The molecule has 0 aromatic heterocycles. The maximum atomic E-state index is 4.44. The van der Waals surface area contributed by atoms with Crippen LogP contribution >= 0.6 is 24.0 Å². The topological polar surface area (TPSA) is 39.7 Å².